The van der Waals surface area contributed by atoms with E-state index in [-0.39, 0.29) is 10.5 Å². The van der Waals surface area contributed by atoms with Crippen molar-refractivity contribution in [2.24, 2.45) is 0 Å². The highest BCUT2D eigenvalue weighted by Crippen LogP contribution is 2.27. The molecule has 82 valence electrons. The van der Waals surface area contributed by atoms with E-state index in [9.17, 15) is 18.4 Å². The summed E-state index contributed by atoms with van der Waals surface area (Å²) >= 11 is 0.614. The minimum absolute atomic E-state index is 0.0194. The lowest BCUT2D eigenvalue weighted by Crippen LogP contribution is -2.17. The van der Waals surface area contributed by atoms with Crippen molar-refractivity contribution in [1.82, 2.24) is 5.32 Å². The average Bonchev–Trinajstić information content (AvgIpc) is 2.51. The molecule has 1 heterocycles. The van der Waals surface area contributed by atoms with Crippen molar-refractivity contribution in [3.05, 3.63) is 40.3 Å². The van der Waals surface area contributed by atoms with Crippen LogP contribution in [-0.2, 0) is 4.79 Å². The van der Waals surface area contributed by atoms with Crippen molar-refractivity contribution < 1.29 is 18.4 Å². The zero-order chi connectivity index (χ0) is 11.7. The van der Waals surface area contributed by atoms with Crippen LogP contribution in [0, 0.1) is 11.6 Å². The smallest absolute Gasteiger partial charge is 0.282 e. The molecule has 3 nitrogen and oxygen atoms in total. The molecule has 2 rings (SSSR count). The van der Waals surface area contributed by atoms with E-state index < -0.39 is 22.8 Å². The Balaban J connectivity index is 2.44. The van der Waals surface area contributed by atoms with Gasteiger partial charge in [0.05, 0.1) is 4.91 Å². The van der Waals surface area contributed by atoms with E-state index in [1.54, 1.807) is 0 Å². The maximum absolute atomic E-state index is 13.2. The molecule has 2 amide bonds. The van der Waals surface area contributed by atoms with E-state index >= 15 is 0 Å². The first-order chi connectivity index (χ1) is 7.58. The first kappa shape index (κ1) is 10.8. The molecule has 0 saturated carbocycles. The molecule has 1 aliphatic rings. The molecule has 6 heteroatoms. The molecular formula is C10H5F2NO2S. The van der Waals surface area contributed by atoms with Crippen LogP contribution < -0.4 is 5.32 Å². The molecule has 1 N–H and O–H groups in total. The van der Waals surface area contributed by atoms with Gasteiger partial charge in [0, 0.05) is 5.56 Å². The van der Waals surface area contributed by atoms with Gasteiger partial charge < -0.3 is 0 Å². The Hall–Kier alpha value is -1.69. The molecule has 1 aliphatic heterocycles. The lowest BCUT2D eigenvalue weighted by Gasteiger charge is -1.98. The van der Waals surface area contributed by atoms with Gasteiger partial charge in [-0.25, -0.2) is 8.78 Å². The van der Waals surface area contributed by atoms with Crippen LogP contribution in [-0.4, -0.2) is 11.1 Å². The molecule has 1 aromatic rings. The second-order valence-electron chi connectivity index (χ2n) is 2.99. The normalized spacial score (nSPS) is 18.0. The molecule has 1 fully saturated rings. The Morgan fingerprint density at radius 2 is 1.81 bits per heavy atom. The fraction of sp³-hybridized carbons (Fsp3) is 0. The summed E-state index contributed by atoms with van der Waals surface area (Å²) in [6, 6.07) is 3.38. The Kier molecular flexibility index (Phi) is 2.74. The van der Waals surface area contributed by atoms with Crippen LogP contribution in [0.5, 0.6) is 0 Å². The topological polar surface area (TPSA) is 46.2 Å². The van der Waals surface area contributed by atoms with E-state index in [4.69, 9.17) is 0 Å². The number of carbonyl (C=O) groups is 2. The second kappa shape index (κ2) is 4.05. The van der Waals surface area contributed by atoms with Gasteiger partial charge in [-0.2, -0.15) is 0 Å². The van der Waals surface area contributed by atoms with E-state index in [0.717, 1.165) is 18.2 Å². The predicted molar refractivity (Wildman–Crippen MR) is 55.5 cm³/mol. The highest BCUT2D eigenvalue weighted by molar-refractivity contribution is 8.18. The summed E-state index contributed by atoms with van der Waals surface area (Å²) in [7, 11) is 0. The lowest BCUT2D eigenvalue weighted by molar-refractivity contribution is -0.115. The summed E-state index contributed by atoms with van der Waals surface area (Å²) in [6.07, 6.45) is 1.02. The molecule has 0 radical (unpaired) electrons. The van der Waals surface area contributed by atoms with Crippen LogP contribution in [0.1, 0.15) is 5.56 Å². The van der Waals surface area contributed by atoms with Gasteiger partial charge in [-0.3, -0.25) is 14.9 Å². The summed E-state index contributed by atoms with van der Waals surface area (Å²) in [5.74, 6) is -2.20. The molecule has 0 spiro atoms. The van der Waals surface area contributed by atoms with Gasteiger partial charge in [0.25, 0.3) is 11.1 Å². The fourth-order valence-electron chi connectivity index (χ4n) is 1.20. The first-order valence-corrected chi connectivity index (χ1v) is 5.08. The van der Waals surface area contributed by atoms with Crippen LogP contribution >= 0.6 is 11.8 Å². The van der Waals surface area contributed by atoms with Crippen molar-refractivity contribution in [3.8, 4) is 0 Å². The second-order valence-corrected chi connectivity index (χ2v) is 4.00. The Morgan fingerprint density at radius 3 is 2.31 bits per heavy atom. The molecular weight excluding hydrogens is 236 g/mol. The van der Waals surface area contributed by atoms with Crippen molar-refractivity contribution in [1.29, 1.82) is 0 Å². The summed E-state index contributed by atoms with van der Waals surface area (Å²) in [5, 5.41) is 1.45. The quantitative estimate of drug-likeness (QED) is 0.767. The Morgan fingerprint density at radius 1 is 1.19 bits per heavy atom. The fourth-order valence-corrected chi connectivity index (χ4v) is 1.86. The maximum Gasteiger partial charge on any atom is 0.290 e. The number of hydrogen-bond donors (Lipinski definition) is 1. The number of benzene rings is 1. The largest absolute Gasteiger partial charge is 0.290 e. The van der Waals surface area contributed by atoms with Gasteiger partial charge in [0.2, 0.25) is 0 Å². The third-order valence-electron chi connectivity index (χ3n) is 1.92. The maximum atomic E-state index is 13.2. The van der Waals surface area contributed by atoms with Crippen LogP contribution in [0.4, 0.5) is 13.6 Å². The number of imide groups is 1. The van der Waals surface area contributed by atoms with Crippen LogP contribution in [0.25, 0.3) is 6.08 Å². The number of hydrogen-bond acceptors (Lipinski definition) is 3. The Bertz CT molecular complexity index is 493. The molecule has 16 heavy (non-hydrogen) atoms. The highest BCUT2D eigenvalue weighted by atomic mass is 32.2. The van der Waals surface area contributed by atoms with Gasteiger partial charge >= 0.3 is 0 Å². The number of rotatable bonds is 1. The number of amides is 2. The predicted octanol–water partition coefficient (Wildman–Crippen LogP) is 2.29. The molecule has 0 aromatic heterocycles. The number of nitrogens with one attached hydrogen (secondary N) is 1. The van der Waals surface area contributed by atoms with Gasteiger partial charge in [-0.15, -0.1) is 0 Å². The molecule has 0 unspecified atom stereocenters. The zero-order valence-corrected chi connectivity index (χ0v) is 8.61. The third kappa shape index (κ3) is 1.96. The minimum Gasteiger partial charge on any atom is -0.282 e. The minimum atomic E-state index is -0.778. The summed E-state index contributed by atoms with van der Waals surface area (Å²) in [5.41, 5.74) is -0.324. The van der Waals surface area contributed by atoms with Crippen molar-refractivity contribution in [2.75, 3.05) is 0 Å². The van der Waals surface area contributed by atoms with Gasteiger partial charge in [0.15, 0.2) is 0 Å². The molecule has 1 saturated heterocycles. The zero-order valence-electron chi connectivity index (χ0n) is 7.79. The highest BCUT2D eigenvalue weighted by Gasteiger charge is 2.25. The van der Waals surface area contributed by atoms with Gasteiger partial charge in [0.1, 0.15) is 11.6 Å². The van der Waals surface area contributed by atoms with Crippen LogP contribution in [0.15, 0.2) is 23.1 Å². The first-order valence-electron chi connectivity index (χ1n) is 4.27. The van der Waals surface area contributed by atoms with Gasteiger partial charge in [-0.05, 0) is 30.0 Å². The van der Waals surface area contributed by atoms with E-state index in [1.807, 2.05) is 5.32 Å². The summed E-state index contributed by atoms with van der Waals surface area (Å²) in [6.45, 7) is 0. The number of halogens is 2. The molecule has 0 bridgehead atoms. The molecule has 0 atom stereocenters. The Labute approximate surface area is 93.5 Å². The van der Waals surface area contributed by atoms with Crippen LogP contribution in [0.3, 0.4) is 0 Å². The standard InChI is InChI=1S/C10H5F2NO2S/c11-6-2-1-3-7(12)5(6)4-8-9(14)13-10(15)16-8/h1-4H,(H,13,14,15)/b8-4-. The monoisotopic (exact) mass is 241 g/mol. The number of carbonyl (C=O) groups excluding carboxylic acids is 2. The average molecular weight is 241 g/mol. The third-order valence-corrected chi connectivity index (χ3v) is 2.73. The van der Waals surface area contributed by atoms with E-state index in [1.165, 1.54) is 6.07 Å². The lowest BCUT2D eigenvalue weighted by atomic mass is 10.2. The molecule has 1 aromatic carbocycles. The van der Waals surface area contributed by atoms with Gasteiger partial charge in [-0.1, -0.05) is 6.07 Å². The summed E-state index contributed by atoms with van der Waals surface area (Å²) < 4.78 is 26.4. The SMILES string of the molecule is O=C1NC(=O)/C(=C/c2c(F)cccc2F)S1. The summed E-state index contributed by atoms with van der Waals surface area (Å²) in [4.78, 5) is 22.0. The van der Waals surface area contributed by atoms with Crippen molar-refractivity contribution in [3.63, 3.8) is 0 Å². The van der Waals surface area contributed by atoms with E-state index in [0.29, 0.717) is 11.8 Å². The van der Waals surface area contributed by atoms with Crippen molar-refractivity contribution >= 4 is 29.0 Å². The van der Waals surface area contributed by atoms with Crippen LogP contribution in [0.2, 0.25) is 0 Å². The van der Waals surface area contributed by atoms with E-state index in [2.05, 4.69) is 0 Å². The molecule has 0 aliphatic carbocycles. The number of thioether (sulfide) groups is 1. The van der Waals surface area contributed by atoms with Crippen molar-refractivity contribution in [2.45, 2.75) is 0 Å².